The highest BCUT2D eigenvalue weighted by Gasteiger charge is 2.36. The highest BCUT2D eigenvalue weighted by atomic mass is 79.9. The van der Waals surface area contributed by atoms with Crippen LogP contribution >= 0.6 is 15.9 Å². The molecule has 3 nitrogen and oxygen atoms in total. The Kier molecular flexibility index (Phi) is 5.17. The molecule has 0 atom stereocenters. The monoisotopic (exact) mass is 416 g/mol. The number of ether oxygens (including phenoxy) is 1. The summed E-state index contributed by atoms with van der Waals surface area (Å²) in [5, 5.41) is 0. The fourth-order valence-electron chi connectivity index (χ4n) is 1.94. The van der Waals surface area contributed by atoms with E-state index in [-0.39, 0.29) is 5.75 Å². The lowest BCUT2D eigenvalue weighted by Gasteiger charge is -2.15. The normalized spacial score (nSPS) is 12.3. The molecule has 1 aromatic heterocycles. The molecule has 0 aliphatic heterocycles. The van der Waals surface area contributed by atoms with Gasteiger partial charge in [-0.1, -0.05) is 0 Å². The molecular formula is C14H11BrF6N2O. The largest absolute Gasteiger partial charge is 0.490 e. The zero-order chi connectivity index (χ0) is 18.2. The molecule has 1 aromatic carbocycles. The van der Waals surface area contributed by atoms with Gasteiger partial charge >= 0.3 is 6.18 Å². The maximum Gasteiger partial charge on any atom is 0.433 e. The fourth-order valence-corrected chi connectivity index (χ4v) is 2.45. The van der Waals surface area contributed by atoms with Crippen molar-refractivity contribution in [2.75, 3.05) is 0 Å². The molecule has 0 amide bonds. The molecule has 0 aliphatic rings. The predicted octanol–water partition coefficient (Wildman–Crippen LogP) is 5.72. The summed E-state index contributed by atoms with van der Waals surface area (Å²) in [4.78, 5) is 5.50. The van der Waals surface area contributed by atoms with E-state index in [1.807, 2.05) is 4.98 Å². The van der Waals surface area contributed by atoms with Crippen LogP contribution in [0.15, 0.2) is 16.7 Å². The average molecular weight is 417 g/mol. The molecule has 0 radical (unpaired) electrons. The van der Waals surface area contributed by atoms with Gasteiger partial charge in [-0.15, -0.1) is 0 Å². The Labute approximate surface area is 141 Å². The van der Waals surface area contributed by atoms with Gasteiger partial charge in [0.25, 0.3) is 6.43 Å². The SMILES string of the molecule is CC(C)Oc1cc(-c2nc(Br)c(C(F)(F)F)[nH]2)c(F)cc1C(F)F. The van der Waals surface area contributed by atoms with E-state index in [0.717, 1.165) is 6.07 Å². The molecule has 1 N–H and O–H groups in total. The number of H-pyrrole nitrogens is 1. The van der Waals surface area contributed by atoms with E-state index in [1.54, 1.807) is 13.8 Å². The van der Waals surface area contributed by atoms with Crippen LogP contribution in [0.25, 0.3) is 11.4 Å². The minimum atomic E-state index is -4.74. The van der Waals surface area contributed by atoms with Crippen LogP contribution in [0, 0.1) is 5.82 Å². The van der Waals surface area contributed by atoms with Crippen molar-refractivity contribution < 1.29 is 31.1 Å². The topological polar surface area (TPSA) is 37.9 Å². The van der Waals surface area contributed by atoms with Gasteiger partial charge in [0.1, 0.15) is 22.0 Å². The second-order valence-corrected chi connectivity index (χ2v) is 5.84. The van der Waals surface area contributed by atoms with Crippen molar-refractivity contribution in [2.24, 2.45) is 0 Å². The Hall–Kier alpha value is -1.71. The van der Waals surface area contributed by atoms with Gasteiger partial charge < -0.3 is 9.72 Å². The van der Waals surface area contributed by atoms with Crippen LogP contribution in [0.1, 0.15) is 31.5 Å². The fraction of sp³-hybridized carbons (Fsp3) is 0.357. The minimum absolute atomic E-state index is 0.322. The first kappa shape index (κ1) is 18.6. The highest BCUT2D eigenvalue weighted by molar-refractivity contribution is 9.10. The zero-order valence-electron chi connectivity index (χ0n) is 12.3. The number of nitrogens with one attached hydrogen (secondary N) is 1. The van der Waals surface area contributed by atoms with E-state index in [0.29, 0.717) is 6.07 Å². The Morgan fingerprint density at radius 1 is 1.21 bits per heavy atom. The molecule has 24 heavy (non-hydrogen) atoms. The van der Waals surface area contributed by atoms with Crippen molar-refractivity contribution in [1.82, 2.24) is 9.97 Å². The first-order chi connectivity index (χ1) is 11.0. The van der Waals surface area contributed by atoms with Crippen molar-refractivity contribution in [3.8, 4) is 17.1 Å². The van der Waals surface area contributed by atoms with Crippen LogP contribution in [0.4, 0.5) is 26.3 Å². The van der Waals surface area contributed by atoms with Gasteiger partial charge in [0.2, 0.25) is 0 Å². The first-order valence-electron chi connectivity index (χ1n) is 6.62. The van der Waals surface area contributed by atoms with Crippen LogP contribution in [0.5, 0.6) is 5.75 Å². The number of hydrogen-bond donors (Lipinski definition) is 1. The Morgan fingerprint density at radius 3 is 2.29 bits per heavy atom. The van der Waals surface area contributed by atoms with Crippen molar-refractivity contribution in [2.45, 2.75) is 32.6 Å². The standard InChI is InChI=1S/C14H11BrF6N2O/c1-5(2)24-9-4-6(8(16)3-7(9)12(17)18)13-22-10(11(15)23-13)14(19,20)21/h3-5,12H,1-2H3,(H,22,23). The van der Waals surface area contributed by atoms with Crippen LogP contribution in [-0.4, -0.2) is 16.1 Å². The smallest absolute Gasteiger partial charge is 0.433 e. The second kappa shape index (κ2) is 6.66. The van der Waals surface area contributed by atoms with Gasteiger partial charge in [0.05, 0.1) is 17.2 Å². The highest BCUT2D eigenvalue weighted by Crippen LogP contribution is 2.38. The molecule has 1 heterocycles. The molecule has 0 bridgehead atoms. The number of hydrogen-bond acceptors (Lipinski definition) is 2. The van der Waals surface area contributed by atoms with Crippen molar-refractivity contribution >= 4 is 15.9 Å². The number of halogens is 7. The number of aromatic amines is 1. The molecular weight excluding hydrogens is 406 g/mol. The Balaban J connectivity index is 2.59. The molecule has 2 rings (SSSR count). The van der Waals surface area contributed by atoms with E-state index < -0.39 is 51.8 Å². The quantitative estimate of drug-likeness (QED) is 0.647. The second-order valence-electron chi connectivity index (χ2n) is 5.09. The predicted molar refractivity (Wildman–Crippen MR) is 77.4 cm³/mol. The van der Waals surface area contributed by atoms with Gasteiger partial charge in [-0.3, -0.25) is 0 Å². The van der Waals surface area contributed by atoms with E-state index in [9.17, 15) is 26.3 Å². The van der Waals surface area contributed by atoms with Gasteiger partial charge in [-0.2, -0.15) is 13.2 Å². The Bertz CT molecular complexity index is 742. The van der Waals surface area contributed by atoms with Gasteiger partial charge in [0, 0.05) is 0 Å². The molecule has 0 fully saturated rings. The summed E-state index contributed by atoms with van der Waals surface area (Å²) >= 11 is 2.64. The van der Waals surface area contributed by atoms with Crippen LogP contribution in [0.2, 0.25) is 0 Å². The Morgan fingerprint density at radius 2 is 1.83 bits per heavy atom. The summed E-state index contributed by atoms with van der Waals surface area (Å²) in [6, 6.07) is 1.43. The lowest BCUT2D eigenvalue weighted by atomic mass is 10.1. The van der Waals surface area contributed by atoms with E-state index >= 15 is 0 Å². The van der Waals surface area contributed by atoms with E-state index in [2.05, 4.69) is 20.9 Å². The molecule has 0 aliphatic carbocycles. The number of alkyl halides is 5. The van der Waals surface area contributed by atoms with E-state index in [1.165, 1.54) is 0 Å². The zero-order valence-corrected chi connectivity index (χ0v) is 13.9. The third kappa shape index (κ3) is 3.85. The lowest BCUT2D eigenvalue weighted by molar-refractivity contribution is -0.141. The van der Waals surface area contributed by atoms with Crippen LogP contribution in [0.3, 0.4) is 0 Å². The third-order valence-electron chi connectivity index (χ3n) is 2.90. The number of rotatable bonds is 4. The van der Waals surface area contributed by atoms with Crippen LogP contribution in [-0.2, 0) is 6.18 Å². The van der Waals surface area contributed by atoms with Crippen molar-refractivity contribution in [1.29, 1.82) is 0 Å². The first-order valence-corrected chi connectivity index (χ1v) is 7.41. The maximum atomic E-state index is 14.1. The summed E-state index contributed by atoms with van der Waals surface area (Å²) in [5.74, 6) is -1.92. The van der Waals surface area contributed by atoms with Gasteiger partial charge in [0.15, 0.2) is 5.69 Å². The van der Waals surface area contributed by atoms with Gasteiger partial charge in [-0.25, -0.2) is 18.2 Å². The number of imidazole rings is 1. The van der Waals surface area contributed by atoms with E-state index in [4.69, 9.17) is 4.74 Å². The molecule has 0 saturated heterocycles. The molecule has 2 aromatic rings. The number of benzene rings is 1. The molecule has 0 spiro atoms. The lowest BCUT2D eigenvalue weighted by Crippen LogP contribution is -2.09. The third-order valence-corrected chi connectivity index (χ3v) is 3.47. The molecule has 0 saturated carbocycles. The summed E-state index contributed by atoms with van der Waals surface area (Å²) in [6.07, 6.45) is -8.23. The summed E-state index contributed by atoms with van der Waals surface area (Å²) in [7, 11) is 0. The van der Waals surface area contributed by atoms with Crippen molar-refractivity contribution in [3.05, 3.63) is 33.8 Å². The summed E-state index contributed by atoms with van der Waals surface area (Å²) in [6.45, 7) is 3.15. The summed E-state index contributed by atoms with van der Waals surface area (Å²) in [5.41, 5.74) is -2.31. The van der Waals surface area contributed by atoms with Crippen LogP contribution < -0.4 is 4.74 Å². The molecule has 10 heteroatoms. The number of aromatic nitrogens is 2. The minimum Gasteiger partial charge on any atom is -0.490 e. The van der Waals surface area contributed by atoms with Gasteiger partial charge in [-0.05, 0) is 41.9 Å². The summed E-state index contributed by atoms with van der Waals surface area (Å²) < 4.78 is 83.1. The number of nitrogens with zero attached hydrogens (tertiary/aromatic N) is 1. The maximum absolute atomic E-state index is 14.1. The average Bonchev–Trinajstić information content (AvgIpc) is 2.81. The molecule has 132 valence electrons. The van der Waals surface area contributed by atoms with Crippen molar-refractivity contribution in [3.63, 3.8) is 0 Å². The molecule has 0 unspecified atom stereocenters.